The van der Waals surface area contributed by atoms with Crippen LogP contribution in [0.2, 0.25) is 0 Å². The van der Waals surface area contributed by atoms with Gasteiger partial charge >= 0.3 is 0 Å². The van der Waals surface area contributed by atoms with Crippen molar-refractivity contribution in [3.63, 3.8) is 0 Å². The highest BCUT2D eigenvalue weighted by Gasteiger charge is 2.07. The van der Waals surface area contributed by atoms with Crippen LogP contribution < -0.4 is 5.32 Å². The molecule has 0 saturated heterocycles. The van der Waals surface area contributed by atoms with E-state index in [4.69, 9.17) is 0 Å². The summed E-state index contributed by atoms with van der Waals surface area (Å²) in [6.45, 7) is 9.36. The number of aromatic nitrogens is 2. The van der Waals surface area contributed by atoms with Gasteiger partial charge < -0.3 is 9.88 Å². The van der Waals surface area contributed by atoms with Crippen molar-refractivity contribution in [2.24, 2.45) is 0 Å². The fraction of sp³-hybridized carbons (Fsp3) is 0.438. The summed E-state index contributed by atoms with van der Waals surface area (Å²) in [5, 5.41) is 3.39. The fourth-order valence-corrected chi connectivity index (χ4v) is 2.27. The summed E-state index contributed by atoms with van der Waals surface area (Å²) >= 11 is 0. The molecule has 0 spiro atoms. The molecule has 0 unspecified atom stereocenters. The lowest BCUT2D eigenvalue weighted by molar-refractivity contribution is 0.564. The maximum atomic E-state index is 13.6. The molecule has 1 aromatic carbocycles. The number of hydrogen-bond acceptors (Lipinski definition) is 2. The average Bonchev–Trinajstić information content (AvgIpc) is 2.80. The molecule has 0 aliphatic carbocycles. The van der Waals surface area contributed by atoms with E-state index in [-0.39, 0.29) is 5.82 Å². The lowest BCUT2D eigenvalue weighted by atomic mass is 10.1. The quantitative estimate of drug-likeness (QED) is 0.908. The highest BCUT2D eigenvalue weighted by atomic mass is 19.1. The third-order valence-electron chi connectivity index (χ3n) is 3.34. The molecule has 3 nitrogen and oxygen atoms in total. The summed E-state index contributed by atoms with van der Waals surface area (Å²) in [5.41, 5.74) is 3.63. The van der Waals surface area contributed by atoms with Gasteiger partial charge in [-0.2, -0.15) is 0 Å². The molecule has 0 aliphatic rings. The summed E-state index contributed by atoms with van der Waals surface area (Å²) < 4.78 is 15.7. The molecule has 1 aromatic heterocycles. The van der Waals surface area contributed by atoms with Gasteiger partial charge in [0.2, 0.25) is 0 Å². The van der Waals surface area contributed by atoms with Crippen LogP contribution >= 0.6 is 0 Å². The highest BCUT2D eigenvalue weighted by molar-refractivity contribution is 5.30. The van der Waals surface area contributed by atoms with E-state index in [1.165, 1.54) is 0 Å². The van der Waals surface area contributed by atoms with Gasteiger partial charge in [-0.15, -0.1) is 0 Å². The molecule has 0 bridgehead atoms. The summed E-state index contributed by atoms with van der Waals surface area (Å²) in [6.07, 6.45) is 3.70. The lowest BCUT2D eigenvalue weighted by Crippen LogP contribution is -2.23. The molecule has 0 amide bonds. The van der Waals surface area contributed by atoms with Crippen molar-refractivity contribution in [3.05, 3.63) is 52.9 Å². The molecule has 4 heteroatoms. The Morgan fingerprint density at radius 3 is 2.50 bits per heavy atom. The van der Waals surface area contributed by atoms with Gasteiger partial charge in [-0.05, 0) is 30.5 Å². The third-order valence-corrected chi connectivity index (χ3v) is 3.34. The van der Waals surface area contributed by atoms with Crippen LogP contribution in [0.15, 0.2) is 24.7 Å². The Labute approximate surface area is 119 Å². The Bertz CT molecular complexity index is 564. The Morgan fingerprint density at radius 1 is 1.25 bits per heavy atom. The minimum atomic E-state index is -0.110. The standard InChI is InChI=1S/C16H22FN3/c1-11(2)19-8-15-7-18-10-20(15)9-14-5-12(3)16(17)13(4)6-14/h5-7,10-11,19H,8-9H2,1-4H3. The first kappa shape index (κ1) is 14.7. The maximum Gasteiger partial charge on any atom is 0.129 e. The van der Waals surface area contributed by atoms with E-state index in [1.807, 2.05) is 24.7 Å². The zero-order valence-corrected chi connectivity index (χ0v) is 12.6. The number of rotatable bonds is 5. The van der Waals surface area contributed by atoms with Gasteiger partial charge in [0.1, 0.15) is 5.82 Å². The van der Waals surface area contributed by atoms with Crippen molar-refractivity contribution in [1.82, 2.24) is 14.9 Å². The number of imidazole rings is 1. The molecule has 2 aromatic rings. The molecule has 20 heavy (non-hydrogen) atoms. The summed E-state index contributed by atoms with van der Waals surface area (Å²) in [6, 6.07) is 4.25. The molecular weight excluding hydrogens is 253 g/mol. The molecular formula is C16H22FN3. The van der Waals surface area contributed by atoms with Crippen molar-refractivity contribution in [2.45, 2.75) is 46.8 Å². The second kappa shape index (κ2) is 6.18. The van der Waals surface area contributed by atoms with Crippen molar-refractivity contribution in [1.29, 1.82) is 0 Å². The van der Waals surface area contributed by atoms with Gasteiger partial charge in [-0.1, -0.05) is 26.0 Å². The van der Waals surface area contributed by atoms with E-state index in [0.29, 0.717) is 17.2 Å². The molecule has 0 saturated carbocycles. The van der Waals surface area contributed by atoms with Gasteiger partial charge in [0.15, 0.2) is 0 Å². The van der Waals surface area contributed by atoms with Gasteiger partial charge in [0.05, 0.1) is 12.0 Å². The van der Waals surface area contributed by atoms with Crippen LogP contribution in [0.3, 0.4) is 0 Å². The molecule has 0 fully saturated rings. The summed E-state index contributed by atoms with van der Waals surface area (Å²) in [5.74, 6) is -0.110. The van der Waals surface area contributed by atoms with Gasteiger partial charge in [0.25, 0.3) is 0 Å². The molecule has 0 atom stereocenters. The minimum absolute atomic E-state index is 0.110. The van der Waals surface area contributed by atoms with E-state index < -0.39 is 0 Å². The van der Waals surface area contributed by atoms with E-state index in [9.17, 15) is 4.39 Å². The summed E-state index contributed by atoms with van der Waals surface area (Å²) in [4.78, 5) is 4.21. The van der Waals surface area contributed by atoms with E-state index in [0.717, 1.165) is 24.3 Å². The van der Waals surface area contributed by atoms with Gasteiger partial charge in [0, 0.05) is 25.3 Å². The normalized spacial score (nSPS) is 11.3. The van der Waals surface area contributed by atoms with Crippen molar-refractivity contribution < 1.29 is 4.39 Å². The van der Waals surface area contributed by atoms with Crippen LogP contribution in [0.4, 0.5) is 4.39 Å². The van der Waals surface area contributed by atoms with E-state index >= 15 is 0 Å². The number of aryl methyl sites for hydroxylation is 2. The van der Waals surface area contributed by atoms with Crippen LogP contribution in [-0.4, -0.2) is 15.6 Å². The van der Waals surface area contributed by atoms with Gasteiger partial charge in [-0.3, -0.25) is 0 Å². The van der Waals surface area contributed by atoms with Crippen molar-refractivity contribution >= 4 is 0 Å². The number of benzene rings is 1. The van der Waals surface area contributed by atoms with Crippen LogP contribution in [0, 0.1) is 19.7 Å². The van der Waals surface area contributed by atoms with Crippen LogP contribution in [-0.2, 0) is 13.1 Å². The first-order valence-electron chi connectivity index (χ1n) is 6.95. The molecule has 1 N–H and O–H groups in total. The van der Waals surface area contributed by atoms with Crippen LogP contribution in [0.1, 0.15) is 36.2 Å². The molecule has 1 heterocycles. The average molecular weight is 275 g/mol. The van der Waals surface area contributed by atoms with Gasteiger partial charge in [-0.25, -0.2) is 9.37 Å². The number of nitrogens with one attached hydrogen (secondary N) is 1. The van der Waals surface area contributed by atoms with Crippen molar-refractivity contribution in [3.8, 4) is 0 Å². The van der Waals surface area contributed by atoms with E-state index in [1.54, 1.807) is 13.8 Å². The lowest BCUT2D eigenvalue weighted by Gasteiger charge is -2.12. The van der Waals surface area contributed by atoms with Crippen molar-refractivity contribution in [2.75, 3.05) is 0 Å². The predicted molar refractivity (Wildman–Crippen MR) is 79.2 cm³/mol. The second-order valence-corrected chi connectivity index (χ2v) is 5.59. The minimum Gasteiger partial charge on any atom is -0.329 e. The Hall–Kier alpha value is -1.68. The monoisotopic (exact) mass is 275 g/mol. The first-order valence-corrected chi connectivity index (χ1v) is 6.95. The number of hydrogen-bond donors (Lipinski definition) is 1. The third kappa shape index (κ3) is 3.45. The second-order valence-electron chi connectivity index (χ2n) is 5.59. The zero-order valence-electron chi connectivity index (χ0n) is 12.6. The predicted octanol–water partition coefficient (Wildman–Crippen LogP) is 3.19. The Morgan fingerprint density at radius 2 is 1.90 bits per heavy atom. The SMILES string of the molecule is Cc1cc(Cn2cncc2CNC(C)C)cc(C)c1F. The van der Waals surface area contributed by atoms with Crippen LogP contribution in [0.25, 0.3) is 0 Å². The first-order chi connectivity index (χ1) is 9.47. The van der Waals surface area contributed by atoms with Crippen LogP contribution in [0.5, 0.6) is 0 Å². The molecule has 0 radical (unpaired) electrons. The molecule has 0 aliphatic heterocycles. The largest absolute Gasteiger partial charge is 0.329 e. The number of halogens is 1. The van der Waals surface area contributed by atoms with E-state index in [2.05, 4.69) is 28.7 Å². The Balaban J connectivity index is 2.16. The number of nitrogens with zero attached hydrogens (tertiary/aromatic N) is 2. The molecule has 2 rings (SSSR count). The smallest absolute Gasteiger partial charge is 0.129 e. The topological polar surface area (TPSA) is 29.9 Å². The molecule has 108 valence electrons. The zero-order chi connectivity index (χ0) is 14.7. The highest BCUT2D eigenvalue weighted by Crippen LogP contribution is 2.16. The maximum absolute atomic E-state index is 13.6. The fourth-order valence-electron chi connectivity index (χ4n) is 2.27. The summed E-state index contributed by atoms with van der Waals surface area (Å²) in [7, 11) is 0. The Kier molecular flexibility index (Phi) is 4.55.